The number of carbonyl (C=O) groups is 2. The Bertz CT molecular complexity index is 776. The Labute approximate surface area is 158 Å². The molecule has 1 atom stereocenters. The van der Waals surface area contributed by atoms with Crippen LogP contribution in [0.5, 0.6) is 5.75 Å². The minimum atomic E-state index is -0.611. The van der Waals surface area contributed by atoms with Crippen LogP contribution in [0.1, 0.15) is 42.3 Å². The molecule has 0 saturated heterocycles. The average molecular weight is 371 g/mol. The van der Waals surface area contributed by atoms with E-state index in [1.807, 2.05) is 0 Å². The van der Waals surface area contributed by atoms with Crippen LogP contribution >= 0.6 is 0 Å². The quantitative estimate of drug-likeness (QED) is 0.678. The van der Waals surface area contributed by atoms with E-state index in [0.29, 0.717) is 17.5 Å². The lowest BCUT2D eigenvalue weighted by atomic mass is 10.00. The number of phenolic OH excluding ortho intramolecular Hbond substituents is 1. The maximum absolute atomic E-state index is 12.4. The summed E-state index contributed by atoms with van der Waals surface area (Å²) < 4.78 is 5.19. The normalized spacial score (nSPS) is 12.3. The lowest BCUT2D eigenvalue weighted by Crippen LogP contribution is -2.42. The SMILES string of the molecule is CC(C)(C)OC(=O)N[C@@H](CO)Cc1ccc(C(=O)c2ccc(O)cc2)cc1. The van der Waals surface area contributed by atoms with Crippen LogP contribution in [0.15, 0.2) is 48.5 Å². The van der Waals surface area contributed by atoms with E-state index >= 15 is 0 Å². The average Bonchev–Trinajstić information content (AvgIpc) is 2.60. The van der Waals surface area contributed by atoms with Gasteiger partial charge in [0.2, 0.25) is 0 Å². The van der Waals surface area contributed by atoms with Gasteiger partial charge in [-0.3, -0.25) is 4.79 Å². The Morgan fingerprint density at radius 2 is 1.52 bits per heavy atom. The zero-order valence-electron chi connectivity index (χ0n) is 15.7. The predicted molar refractivity (Wildman–Crippen MR) is 102 cm³/mol. The van der Waals surface area contributed by atoms with Crippen molar-refractivity contribution >= 4 is 11.9 Å². The van der Waals surface area contributed by atoms with Gasteiger partial charge in [0.25, 0.3) is 0 Å². The maximum Gasteiger partial charge on any atom is 0.407 e. The van der Waals surface area contributed by atoms with E-state index in [2.05, 4.69) is 5.32 Å². The summed E-state index contributed by atoms with van der Waals surface area (Å²) >= 11 is 0. The topological polar surface area (TPSA) is 95.9 Å². The first kappa shape index (κ1) is 20.5. The third-order valence-electron chi connectivity index (χ3n) is 3.77. The van der Waals surface area contributed by atoms with Crippen molar-refractivity contribution in [3.63, 3.8) is 0 Å². The van der Waals surface area contributed by atoms with Gasteiger partial charge in [-0.1, -0.05) is 24.3 Å². The molecule has 2 rings (SSSR count). The molecule has 0 bridgehead atoms. The highest BCUT2D eigenvalue weighted by molar-refractivity contribution is 6.09. The van der Waals surface area contributed by atoms with Crippen LogP contribution in [-0.4, -0.2) is 40.3 Å². The van der Waals surface area contributed by atoms with Crippen molar-refractivity contribution in [2.45, 2.75) is 38.8 Å². The summed E-state index contributed by atoms with van der Waals surface area (Å²) in [6, 6.07) is 12.6. The van der Waals surface area contributed by atoms with E-state index in [1.165, 1.54) is 12.1 Å². The molecule has 6 nitrogen and oxygen atoms in total. The van der Waals surface area contributed by atoms with Crippen LogP contribution in [0, 0.1) is 0 Å². The molecule has 0 aliphatic carbocycles. The standard InChI is InChI=1S/C21H25NO5/c1-21(2,3)27-20(26)22-17(13-23)12-14-4-6-15(7-5-14)19(25)16-8-10-18(24)11-9-16/h4-11,17,23-24H,12-13H2,1-3H3,(H,22,26)/t17-/m1/s1. The van der Waals surface area contributed by atoms with Gasteiger partial charge < -0.3 is 20.3 Å². The maximum atomic E-state index is 12.4. The number of aliphatic hydroxyl groups is 1. The van der Waals surface area contributed by atoms with Gasteiger partial charge in [-0.15, -0.1) is 0 Å². The first-order valence-electron chi connectivity index (χ1n) is 8.71. The number of ketones is 1. The number of alkyl carbamates (subject to hydrolysis) is 1. The molecule has 2 aromatic carbocycles. The molecule has 0 saturated carbocycles. The zero-order chi connectivity index (χ0) is 20.0. The molecule has 27 heavy (non-hydrogen) atoms. The molecule has 0 aliphatic heterocycles. The Balaban J connectivity index is 2.00. The zero-order valence-corrected chi connectivity index (χ0v) is 15.7. The minimum absolute atomic E-state index is 0.106. The van der Waals surface area contributed by atoms with E-state index in [-0.39, 0.29) is 18.1 Å². The lowest BCUT2D eigenvalue weighted by molar-refractivity contribution is 0.0482. The second kappa shape index (κ2) is 8.68. The van der Waals surface area contributed by atoms with Crippen molar-refractivity contribution < 1.29 is 24.5 Å². The first-order chi connectivity index (χ1) is 12.7. The molecule has 0 aliphatic rings. The van der Waals surface area contributed by atoms with Crippen LogP contribution in [0.25, 0.3) is 0 Å². The number of nitrogens with one attached hydrogen (secondary N) is 1. The number of hydrogen-bond acceptors (Lipinski definition) is 5. The number of ether oxygens (including phenoxy) is 1. The lowest BCUT2D eigenvalue weighted by Gasteiger charge is -2.22. The minimum Gasteiger partial charge on any atom is -0.508 e. The number of benzene rings is 2. The fraction of sp³-hybridized carbons (Fsp3) is 0.333. The largest absolute Gasteiger partial charge is 0.508 e. The Morgan fingerprint density at radius 3 is 2.00 bits per heavy atom. The van der Waals surface area contributed by atoms with Crippen LogP contribution in [0.2, 0.25) is 0 Å². The Morgan fingerprint density at radius 1 is 1.00 bits per heavy atom. The fourth-order valence-electron chi connectivity index (χ4n) is 2.49. The van der Waals surface area contributed by atoms with Crippen LogP contribution in [0.4, 0.5) is 4.79 Å². The van der Waals surface area contributed by atoms with Gasteiger partial charge in [0.15, 0.2) is 5.78 Å². The van der Waals surface area contributed by atoms with Crippen molar-refractivity contribution in [3.05, 3.63) is 65.2 Å². The van der Waals surface area contributed by atoms with Crippen molar-refractivity contribution in [1.29, 1.82) is 0 Å². The Kier molecular flexibility index (Phi) is 6.58. The predicted octanol–water partition coefficient (Wildman–Crippen LogP) is 3.05. The summed E-state index contributed by atoms with van der Waals surface area (Å²) in [4.78, 5) is 24.3. The van der Waals surface area contributed by atoms with Crippen molar-refractivity contribution in [1.82, 2.24) is 5.32 Å². The molecule has 0 unspecified atom stereocenters. The second-order valence-corrected chi connectivity index (χ2v) is 7.30. The molecular formula is C21H25NO5. The smallest absolute Gasteiger partial charge is 0.407 e. The van der Waals surface area contributed by atoms with E-state index in [4.69, 9.17) is 4.74 Å². The summed E-state index contributed by atoms with van der Waals surface area (Å²) in [6.07, 6.45) is -0.177. The summed E-state index contributed by atoms with van der Waals surface area (Å²) in [6.45, 7) is 5.08. The highest BCUT2D eigenvalue weighted by Gasteiger charge is 2.19. The van der Waals surface area contributed by atoms with E-state index in [0.717, 1.165) is 5.56 Å². The monoisotopic (exact) mass is 371 g/mol. The number of rotatable bonds is 6. The number of aliphatic hydroxyl groups excluding tert-OH is 1. The van der Waals surface area contributed by atoms with Crippen molar-refractivity contribution in [3.8, 4) is 5.75 Å². The molecule has 2 aromatic rings. The third kappa shape index (κ3) is 6.42. The molecule has 0 aromatic heterocycles. The molecule has 0 heterocycles. The van der Waals surface area contributed by atoms with Gasteiger partial charge in [0.05, 0.1) is 12.6 Å². The van der Waals surface area contributed by atoms with Crippen LogP contribution < -0.4 is 5.32 Å². The van der Waals surface area contributed by atoms with Crippen molar-refractivity contribution in [2.24, 2.45) is 0 Å². The van der Waals surface area contributed by atoms with Gasteiger partial charge in [0.1, 0.15) is 11.4 Å². The molecule has 3 N–H and O–H groups in total. The van der Waals surface area contributed by atoms with Crippen molar-refractivity contribution in [2.75, 3.05) is 6.61 Å². The molecule has 6 heteroatoms. The molecule has 1 amide bonds. The summed E-state index contributed by atoms with van der Waals surface area (Å²) in [5.74, 6) is -0.0402. The van der Waals surface area contributed by atoms with Gasteiger partial charge in [-0.25, -0.2) is 4.79 Å². The number of hydrogen-bond donors (Lipinski definition) is 3. The summed E-state index contributed by atoms with van der Waals surface area (Å²) in [5.41, 5.74) is 1.26. The summed E-state index contributed by atoms with van der Waals surface area (Å²) in [5, 5.41) is 21.4. The van der Waals surface area contributed by atoms with Crippen LogP contribution in [0.3, 0.4) is 0 Å². The first-order valence-corrected chi connectivity index (χ1v) is 8.71. The van der Waals surface area contributed by atoms with E-state index < -0.39 is 17.7 Å². The van der Waals surface area contributed by atoms with E-state index in [9.17, 15) is 19.8 Å². The molecule has 0 radical (unpaired) electrons. The molecule has 0 fully saturated rings. The second-order valence-electron chi connectivity index (χ2n) is 7.30. The Hall–Kier alpha value is -2.86. The van der Waals surface area contributed by atoms with Crippen LogP contribution in [-0.2, 0) is 11.2 Å². The van der Waals surface area contributed by atoms with Gasteiger partial charge in [-0.05, 0) is 57.0 Å². The highest BCUT2D eigenvalue weighted by atomic mass is 16.6. The summed E-state index contributed by atoms with van der Waals surface area (Å²) in [7, 11) is 0. The van der Waals surface area contributed by atoms with Gasteiger partial charge in [-0.2, -0.15) is 0 Å². The third-order valence-corrected chi connectivity index (χ3v) is 3.77. The highest BCUT2D eigenvalue weighted by Crippen LogP contribution is 2.15. The molecule has 144 valence electrons. The van der Waals surface area contributed by atoms with E-state index in [1.54, 1.807) is 57.2 Å². The van der Waals surface area contributed by atoms with Gasteiger partial charge >= 0.3 is 6.09 Å². The number of aromatic hydroxyl groups is 1. The fourth-order valence-corrected chi connectivity index (χ4v) is 2.49. The molecule has 0 spiro atoms. The number of amides is 1. The molecular weight excluding hydrogens is 346 g/mol. The van der Waals surface area contributed by atoms with Gasteiger partial charge in [0, 0.05) is 11.1 Å². The number of phenols is 1. The number of carbonyl (C=O) groups excluding carboxylic acids is 2.